The second kappa shape index (κ2) is 10.6. The summed E-state index contributed by atoms with van der Waals surface area (Å²) in [4.78, 5) is 3.18. The monoisotopic (exact) mass is 429 g/mol. The predicted molar refractivity (Wildman–Crippen MR) is 127 cm³/mol. The summed E-state index contributed by atoms with van der Waals surface area (Å²) in [6, 6.07) is 24.3. The summed E-state index contributed by atoms with van der Waals surface area (Å²) in [5.41, 5.74) is 11.3. The molecular weight excluding hydrogens is 405 g/mol. The van der Waals surface area contributed by atoms with Gasteiger partial charge in [-0.15, -0.1) is 24.8 Å². The van der Waals surface area contributed by atoms with Gasteiger partial charge in [0.25, 0.3) is 0 Å². The van der Waals surface area contributed by atoms with E-state index in [-0.39, 0.29) is 24.8 Å². The van der Waals surface area contributed by atoms with Gasteiger partial charge in [-0.1, -0.05) is 36.4 Å². The second-order valence-electron chi connectivity index (χ2n) is 6.59. The number of hydrogen-bond donors (Lipinski definition) is 3. The van der Waals surface area contributed by atoms with E-state index in [1.807, 2.05) is 48.7 Å². The molecular formula is C23H25Cl2N3O. The van der Waals surface area contributed by atoms with Gasteiger partial charge in [0.2, 0.25) is 0 Å². The van der Waals surface area contributed by atoms with Gasteiger partial charge < -0.3 is 20.8 Å². The molecule has 2 heterocycles. The molecule has 0 radical (unpaired) electrons. The number of H-pyrrole nitrogens is 1. The van der Waals surface area contributed by atoms with Crippen molar-refractivity contribution in [3.05, 3.63) is 90.1 Å². The van der Waals surface area contributed by atoms with Crippen molar-refractivity contribution in [1.29, 1.82) is 0 Å². The van der Waals surface area contributed by atoms with Crippen molar-refractivity contribution in [1.82, 2.24) is 4.98 Å². The molecule has 0 unspecified atom stereocenters. The highest BCUT2D eigenvalue weighted by Gasteiger charge is 2.08. The molecule has 4 nitrogen and oxygen atoms in total. The van der Waals surface area contributed by atoms with Crippen LogP contribution in [0.1, 0.15) is 11.1 Å². The average Bonchev–Trinajstić information content (AvgIpc) is 3.36. The Morgan fingerprint density at radius 1 is 0.897 bits per heavy atom. The molecule has 5 rings (SSSR count). The third kappa shape index (κ3) is 5.83. The molecule has 6 heteroatoms. The van der Waals surface area contributed by atoms with Crippen molar-refractivity contribution >= 4 is 47.1 Å². The van der Waals surface area contributed by atoms with Crippen molar-refractivity contribution in [2.75, 3.05) is 17.6 Å². The third-order valence-corrected chi connectivity index (χ3v) is 4.62. The summed E-state index contributed by atoms with van der Waals surface area (Å²) in [5.74, 6) is 0.892. The van der Waals surface area contributed by atoms with E-state index in [9.17, 15) is 0 Å². The van der Waals surface area contributed by atoms with Crippen molar-refractivity contribution < 1.29 is 4.74 Å². The highest BCUT2D eigenvalue weighted by Crippen LogP contribution is 2.23. The molecule has 0 aliphatic carbocycles. The Bertz CT molecular complexity index is 1030. The summed E-state index contributed by atoms with van der Waals surface area (Å²) in [5, 5.41) is 4.47. The Morgan fingerprint density at radius 2 is 1.72 bits per heavy atom. The number of nitrogen functional groups attached to an aromatic ring is 1. The van der Waals surface area contributed by atoms with E-state index >= 15 is 0 Å². The Kier molecular flexibility index (Phi) is 8.25. The normalized spacial score (nSPS) is 11.2. The van der Waals surface area contributed by atoms with E-state index in [1.165, 1.54) is 22.2 Å². The molecule has 0 fully saturated rings. The summed E-state index contributed by atoms with van der Waals surface area (Å²) >= 11 is 0. The van der Waals surface area contributed by atoms with Crippen LogP contribution in [0.15, 0.2) is 79.0 Å². The minimum atomic E-state index is 0. The molecule has 0 spiro atoms. The first kappa shape index (κ1) is 22.5. The maximum Gasteiger partial charge on any atom is 0.121 e. The molecule has 1 aliphatic heterocycles. The molecule has 1 aliphatic rings. The quantitative estimate of drug-likeness (QED) is 0.359. The van der Waals surface area contributed by atoms with Gasteiger partial charge >= 0.3 is 0 Å². The van der Waals surface area contributed by atoms with Crippen LogP contribution in [-0.2, 0) is 13.0 Å². The van der Waals surface area contributed by atoms with Crippen LogP contribution in [0.4, 0.5) is 11.4 Å². The van der Waals surface area contributed by atoms with Gasteiger partial charge in [0.05, 0.1) is 0 Å². The maximum absolute atomic E-state index is 5.75. The van der Waals surface area contributed by atoms with E-state index in [1.54, 1.807) is 0 Å². The lowest BCUT2D eigenvalue weighted by Crippen LogP contribution is -1.94. The van der Waals surface area contributed by atoms with Gasteiger partial charge in [-0.05, 0) is 53.3 Å². The van der Waals surface area contributed by atoms with Crippen molar-refractivity contribution in [3.8, 4) is 5.75 Å². The highest BCUT2D eigenvalue weighted by molar-refractivity contribution is 5.85. The van der Waals surface area contributed by atoms with Gasteiger partial charge in [-0.2, -0.15) is 0 Å². The lowest BCUT2D eigenvalue weighted by molar-refractivity contribution is 0.306. The van der Waals surface area contributed by atoms with Crippen LogP contribution >= 0.6 is 24.8 Å². The Hall–Kier alpha value is -2.82. The van der Waals surface area contributed by atoms with Gasteiger partial charge in [-0.25, -0.2) is 0 Å². The molecule has 1 aromatic heterocycles. The van der Waals surface area contributed by atoms with Gasteiger partial charge in [0, 0.05) is 35.7 Å². The summed E-state index contributed by atoms with van der Waals surface area (Å²) < 4.78 is 5.75. The van der Waals surface area contributed by atoms with Crippen LogP contribution in [-0.4, -0.2) is 11.5 Å². The van der Waals surface area contributed by atoms with Crippen LogP contribution < -0.4 is 15.8 Å². The summed E-state index contributed by atoms with van der Waals surface area (Å²) in [7, 11) is 0. The molecule has 0 atom stereocenters. The van der Waals surface area contributed by atoms with Crippen molar-refractivity contribution in [2.24, 2.45) is 0 Å². The number of halogens is 2. The van der Waals surface area contributed by atoms with E-state index in [4.69, 9.17) is 10.5 Å². The number of benzene rings is 3. The lowest BCUT2D eigenvalue weighted by Gasteiger charge is -2.06. The molecule has 0 bridgehead atoms. The molecule has 0 saturated heterocycles. The first-order chi connectivity index (χ1) is 13.3. The molecule has 4 aromatic rings. The SMILES string of the molecule is Cl.Cl.Nc1ccc2c(c1)NCC2.c1ccc(COc2ccc3cc[nH]c3c2)cc1. The van der Waals surface area contributed by atoms with E-state index < -0.39 is 0 Å². The smallest absolute Gasteiger partial charge is 0.121 e. The first-order valence-corrected chi connectivity index (χ1v) is 9.14. The Balaban J connectivity index is 0.000000216. The fourth-order valence-corrected chi connectivity index (χ4v) is 3.17. The molecule has 29 heavy (non-hydrogen) atoms. The number of fused-ring (bicyclic) bond motifs is 2. The third-order valence-electron chi connectivity index (χ3n) is 4.62. The van der Waals surface area contributed by atoms with E-state index in [2.05, 4.69) is 40.6 Å². The largest absolute Gasteiger partial charge is 0.489 e. The average molecular weight is 430 g/mol. The van der Waals surface area contributed by atoms with Crippen molar-refractivity contribution in [2.45, 2.75) is 13.0 Å². The van der Waals surface area contributed by atoms with Crippen molar-refractivity contribution in [3.63, 3.8) is 0 Å². The zero-order valence-electron chi connectivity index (χ0n) is 15.9. The number of aromatic nitrogens is 1. The van der Waals surface area contributed by atoms with E-state index in [0.29, 0.717) is 6.61 Å². The number of nitrogens with two attached hydrogens (primary N) is 1. The fourth-order valence-electron chi connectivity index (χ4n) is 3.17. The Morgan fingerprint density at radius 3 is 2.55 bits per heavy atom. The number of ether oxygens (including phenoxy) is 1. The maximum atomic E-state index is 5.75. The minimum absolute atomic E-state index is 0. The predicted octanol–water partition coefficient (Wildman–Crippen LogP) is 5.83. The summed E-state index contributed by atoms with van der Waals surface area (Å²) in [6.45, 7) is 1.66. The van der Waals surface area contributed by atoms with Crippen LogP contribution in [0.25, 0.3) is 10.9 Å². The molecule has 4 N–H and O–H groups in total. The van der Waals surface area contributed by atoms with Gasteiger partial charge in [0.15, 0.2) is 0 Å². The lowest BCUT2D eigenvalue weighted by atomic mass is 10.1. The zero-order valence-corrected chi connectivity index (χ0v) is 17.6. The molecule has 3 aromatic carbocycles. The second-order valence-corrected chi connectivity index (χ2v) is 6.59. The standard InChI is InChI=1S/C15H13NO.C8H10N2.2ClH/c1-2-4-12(5-3-1)11-17-14-7-6-13-8-9-16-15(13)10-14;9-7-2-1-6-3-4-10-8(6)5-7;;/h1-10,16H,11H2;1-2,5,10H,3-4,9H2;2*1H. The molecule has 0 saturated carbocycles. The first-order valence-electron chi connectivity index (χ1n) is 9.14. The number of hydrogen-bond acceptors (Lipinski definition) is 3. The number of rotatable bonds is 3. The van der Waals surface area contributed by atoms with Crippen LogP contribution in [0, 0.1) is 0 Å². The number of anilines is 2. The molecule has 0 amide bonds. The Labute approximate surface area is 183 Å². The highest BCUT2D eigenvalue weighted by atomic mass is 35.5. The van der Waals surface area contributed by atoms with E-state index in [0.717, 1.165) is 29.9 Å². The minimum Gasteiger partial charge on any atom is -0.489 e. The topological polar surface area (TPSA) is 63.1 Å². The number of aromatic amines is 1. The van der Waals surface area contributed by atoms with Crippen LogP contribution in [0.3, 0.4) is 0 Å². The fraction of sp³-hybridized carbons (Fsp3) is 0.130. The summed E-state index contributed by atoms with van der Waals surface area (Å²) in [6.07, 6.45) is 3.07. The van der Waals surface area contributed by atoms with Crippen LogP contribution in [0.5, 0.6) is 5.75 Å². The van der Waals surface area contributed by atoms with Gasteiger partial charge in [0.1, 0.15) is 12.4 Å². The molecule has 152 valence electrons. The van der Waals surface area contributed by atoms with Crippen LogP contribution in [0.2, 0.25) is 0 Å². The zero-order chi connectivity index (χ0) is 18.5. The van der Waals surface area contributed by atoms with Gasteiger partial charge in [-0.3, -0.25) is 0 Å². The number of nitrogens with one attached hydrogen (secondary N) is 2.